The largest absolute Gasteiger partial charge is 0.396 e. The zero-order valence-corrected chi connectivity index (χ0v) is 9.87. The molecule has 0 aromatic carbocycles. The van der Waals surface area contributed by atoms with Crippen LogP contribution in [0.4, 0.5) is 5.69 Å². The number of anilines is 1. The molecule has 1 rings (SSSR count). The maximum Gasteiger partial charge on any atom is 0.241 e. The number of nitrogens with two attached hydrogens (primary N) is 1. The molecule has 0 aliphatic rings. The van der Waals surface area contributed by atoms with Gasteiger partial charge in [-0.1, -0.05) is 6.08 Å². The molecule has 0 atom stereocenters. The van der Waals surface area contributed by atoms with Crippen LogP contribution in [0.2, 0.25) is 0 Å². The Labute approximate surface area is 99.1 Å². The van der Waals surface area contributed by atoms with Gasteiger partial charge in [0, 0.05) is 24.2 Å². The van der Waals surface area contributed by atoms with Crippen LogP contribution in [0.15, 0.2) is 25.0 Å². The molecule has 1 aromatic rings. The topological polar surface area (TPSA) is 72.9 Å². The average Bonchev–Trinajstić information content (AvgIpc) is 2.63. The van der Waals surface area contributed by atoms with Gasteiger partial charge in [0.25, 0.3) is 0 Å². The Kier molecular flexibility index (Phi) is 5.49. The second kappa shape index (κ2) is 6.95. The summed E-state index contributed by atoms with van der Waals surface area (Å²) in [5.41, 5.74) is 6.05. The highest BCUT2D eigenvalue weighted by Crippen LogP contribution is 1.98. The van der Waals surface area contributed by atoms with E-state index in [1.165, 1.54) is 10.9 Å². The Morgan fingerprint density at radius 2 is 2.56 bits per heavy atom. The summed E-state index contributed by atoms with van der Waals surface area (Å²) >= 11 is 1.73. The van der Waals surface area contributed by atoms with Crippen molar-refractivity contribution in [1.82, 2.24) is 15.1 Å². The second-order valence-electron chi connectivity index (χ2n) is 3.18. The van der Waals surface area contributed by atoms with Crippen molar-refractivity contribution in [3.8, 4) is 0 Å². The second-order valence-corrected chi connectivity index (χ2v) is 4.33. The molecule has 0 radical (unpaired) electrons. The summed E-state index contributed by atoms with van der Waals surface area (Å²) < 4.78 is 1.52. The monoisotopic (exact) mass is 240 g/mol. The number of hydrogen-bond acceptors (Lipinski definition) is 4. The van der Waals surface area contributed by atoms with Crippen molar-refractivity contribution >= 4 is 23.4 Å². The number of nitrogens with zero attached hydrogens (tertiary/aromatic N) is 2. The van der Waals surface area contributed by atoms with Crippen molar-refractivity contribution in [2.75, 3.05) is 23.8 Å². The Balaban J connectivity index is 2.14. The number of rotatable bonds is 7. The first-order chi connectivity index (χ1) is 7.72. The Morgan fingerprint density at radius 3 is 3.19 bits per heavy atom. The van der Waals surface area contributed by atoms with E-state index in [0.717, 1.165) is 11.5 Å². The van der Waals surface area contributed by atoms with Gasteiger partial charge in [-0.25, -0.2) is 0 Å². The van der Waals surface area contributed by atoms with Crippen molar-refractivity contribution in [3.63, 3.8) is 0 Å². The van der Waals surface area contributed by atoms with Crippen LogP contribution in [0.1, 0.15) is 0 Å². The van der Waals surface area contributed by atoms with Gasteiger partial charge in [-0.3, -0.25) is 9.48 Å². The summed E-state index contributed by atoms with van der Waals surface area (Å²) in [5, 5.41) is 6.73. The van der Waals surface area contributed by atoms with Crippen LogP contribution >= 0.6 is 11.8 Å². The van der Waals surface area contributed by atoms with E-state index in [0.29, 0.717) is 12.2 Å². The molecule has 1 heterocycles. The summed E-state index contributed by atoms with van der Waals surface area (Å²) in [6.07, 6.45) is 5.00. The van der Waals surface area contributed by atoms with Crippen LogP contribution in [-0.2, 0) is 11.3 Å². The molecule has 5 nitrogen and oxygen atoms in total. The van der Waals surface area contributed by atoms with Crippen LogP contribution in [0.25, 0.3) is 0 Å². The quantitative estimate of drug-likeness (QED) is 0.538. The molecule has 0 saturated heterocycles. The number of aromatic nitrogens is 2. The normalized spacial score (nSPS) is 10.0. The van der Waals surface area contributed by atoms with Crippen LogP contribution in [0, 0.1) is 0 Å². The van der Waals surface area contributed by atoms with Crippen molar-refractivity contribution < 1.29 is 4.79 Å². The van der Waals surface area contributed by atoms with Gasteiger partial charge in [-0.15, -0.1) is 6.58 Å². The Bertz CT molecular complexity index is 350. The third kappa shape index (κ3) is 4.88. The van der Waals surface area contributed by atoms with Crippen LogP contribution in [-0.4, -0.2) is 33.7 Å². The number of carbonyl (C=O) groups excluding carboxylic acids is 1. The molecule has 0 saturated carbocycles. The summed E-state index contributed by atoms with van der Waals surface area (Å²) in [6.45, 7) is 4.49. The minimum Gasteiger partial charge on any atom is -0.396 e. The fourth-order valence-corrected chi connectivity index (χ4v) is 1.68. The number of thioether (sulfide) groups is 1. The molecule has 1 amide bonds. The lowest BCUT2D eigenvalue weighted by Crippen LogP contribution is -2.29. The number of hydrogen-bond donors (Lipinski definition) is 2. The van der Waals surface area contributed by atoms with E-state index in [1.54, 1.807) is 18.0 Å². The Morgan fingerprint density at radius 1 is 1.75 bits per heavy atom. The SMILES string of the molecule is C=CCSCCNC(=O)Cn1cc(N)cn1. The lowest BCUT2D eigenvalue weighted by atomic mass is 10.5. The number of nitrogen functional groups attached to an aromatic ring is 1. The maximum atomic E-state index is 11.4. The first-order valence-corrected chi connectivity index (χ1v) is 6.11. The number of carbonyl (C=O) groups is 1. The molecular weight excluding hydrogens is 224 g/mol. The zero-order chi connectivity index (χ0) is 11.8. The first kappa shape index (κ1) is 12.6. The molecular formula is C10H16N4OS. The van der Waals surface area contributed by atoms with Gasteiger partial charge in [0.1, 0.15) is 6.54 Å². The smallest absolute Gasteiger partial charge is 0.241 e. The molecule has 1 aromatic heterocycles. The van der Waals surface area contributed by atoms with Gasteiger partial charge in [-0.05, 0) is 0 Å². The molecule has 88 valence electrons. The van der Waals surface area contributed by atoms with E-state index >= 15 is 0 Å². The molecule has 0 unspecified atom stereocenters. The predicted molar refractivity (Wildman–Crippen MR) is 67.2 cm³/mol. The molecule has 0 aliphatic heterocycles. The van der Waals surface area contributed by atoms with Crippen molar-refractivity contribution in [2.45, 2.75) is 6.54 Å². The summed E-state index contributed by atoms with van der Waals surface area (Å²) in [6, 6.07) is 0. The van der Waals surface area contributed by atoms with Gasteiger partial charge < -0.3 is 11.1 Å². The van der Waals surface area contributed by atoms with E-state index < -0.39 is 0 Å². The number of amides is 1. The standard InChI is InChI=1S/C10H16N4OS/c1-2-4-16-5-3-12-10(15)8-14-7-9(11)6-13-14/h2,6-7H,1,3-5,8,11H2,(H,12,15). The molecule has 3 N–H and O–H groups in total. The summed E-state index contributed by atoms with van der Waals surface area (Å²) in [4.78, 5) is 11.4. The molecule has 0 aliphatic carbocycles. The highest BCUT2D eigenvalue weighted by molar-refractivity contribution is 7.99. The number of nitrogens with one attached hydrogen (secondary N) is 1. The van der Waals surface area contributed by atoms with E-state index in [4.69, 9.17) is 5.73 Å². The van der Waals surface area contributed by atoms with Crippen molar-refractivity contribution in [1.29, 1.82) is 0 Å². The highest BCUT2D eigenvalue weighted by atomic mass is 32.2. The predicted octanol–water partition coefficient (Wildman–Crippen LogP) is 0.501. The molecule has 0 bridgehead atoms. The van der Waals surface area contributed by atoms with Crippen molar-refractivity contribution in [3.05, 3.63) is 25.0 Å². The average molecular weight is 240 g/mol. The molecule has 0 fully saturated rings. The Hall–Kier alpha value is -1.43. The van der Waals surface area contributed by atoms with Gasteiger partial charge in [0.15, 0.2) is 0 Å². The van der Waals surface area contributed by atoms with E-state index in [9.17, 15) is 4.79 Å². The van der Waals surface area contributed by atoms with Crippen LogP contribution in [0.5, 0.6) is 0 Å². The first-order valence-electron chi connectivity index (χ1n) is 4.95. The lowest BCUT2D eigenvalue weighted by Gasteiger charge is -2.04. The fourth-order valence-electron chi connectivity index (χ4n) is 1.10. The highest BCUT2D eigenvalue weighted by Gasteiger charge is 2.02. The lowest BCUT2D eigenvalue weighted by molar-refractivity contribution is -0.121. The zero-order valence-electron chi connectivity index (χ0n) is 9.06. The molecule has 16 heavy (non-hydrogen) atoms. The van der Waals surface area contributed by atoms with E-state index in [2.05, 4.69) is 17.0 Å². The minimum atomic E-state index is -0.0534. The fraction of sp³-hybridized carbons (Fsp3) is 0.400. The third-order valence-corrected chi connectivity index (χ3v) is 2.73. The van der Waals surface area contributed by atoms with Crippen LogP contribution < -0.4 is 11.1 Å². The minimum absolute atomic E-state index is 0.0534. The maximum absolute atomic E-state index is 11.4. The summed E-state index contributed by atoms with van der Waals surface area (Å²) in [5.74, 6) is 1.74. The van der Waals surface area contributed by atoms with E-state index in [1.807, 2.05) is 6.08 Å². The molecule has 6 heteroatoms. The van der Waals surface area contributed by atoms with Gasteiger partial charge in [-0.2, -0.15) is 16.9 Å². The third-order valence-electron chi connectivity index (χ3n) is 1.76. The molecule has 0 spiro atoms. The van der Waals surface area contributed by atoms with E-state index in [-0.39, 0.29) is 12.5 Å². The van der Waals surface area contributed by atoms with Gasteiger partial charge in [0.2, 0.25) is 5.91 Å². The van der Waals surface area contributed by atoms with Gasteiger partial charge >= 0.3 is 0 Å². The van der Waals surface area contributed by atoms with Crippen LogP contribution in [0.3, 0.4) is 0 Å². The van der Waals surface area contributed by atoms with Gasteiger partial charge in [0.05, 0.1) is 11.9 Å². The van der Waals surface area contributed by atoms with Crippen molar-refractivity contribution in [2.24, 2.45) is 0 Å². The summed E-state index contributed by atoms with van der Waals surface area (Å²) in [7, 11) is 0.